The van der Waals surface area contributed by atoms with Crippen LogP contribution in [-0.2, 0) is 16.0 Å². The molecular formula is C25H32ClN3O2S. The molecule has 0 saturated carbocycles. The third kappa shape index (κ3) is 5.87. The quantitative estimate of drug-likeness (QED) is 0.487. The number of morpholine rings is 1. The van der Waals surface area contributed by atoms with E-state index in [1.54, 1.807) is 11.3 Å². The number of carbonyl (C=O) groups excluding carboxylic acids is 1. The van der Waals surface area contributed by atoms with E-state index in [9.17, 15) is 4.79 Å². The molecule has 172 valence electrons. The zero-order valence-electron chi connectivity index (χ0n) is 19.1. The van der Waals surface area contributed by atoms with Gasteiger partial charge in [0.2, 0.25) is 5.91 Å². The van der Waals surface area contributed by atoms with Gasteiger partial charge in [-0.25, -0.2) is 4.98 Å². The Morgan fingerprint density at radius 3 is 2.50 bits per heavy atom. The Morgan fingerprint density at radius 1 is 1.12 bits per heavy atom. The van der Waals surface area contributed by atoms with Gasteiger partial charge in [0.15, 0.2) is 5.13 Å². The summed E-state index contributed by atoms with van der Waals surface area (Å²) in [6.45, 7) is 11.5. The van der Waals surface area contributed by atoms with Gasteiger partial charge < -0.3 is 4.74 Å². The number of hydrogen-bond donors (Lipinski definition) is 0. The Morgan fingerprint density at radius 2 is 1.81 bits per heavy atom. The monoisotopic (exact) mass is 473 g/mol. The largest absolute Gasteiger partial charge is 0.379 e. The number of para-hydroxylation sites is 1. The number of anilines is 1. The topological polar surface area (TPSA) is 45.7 Å². The van der Waals surface area contributed by atoms with E-state index < -0.39 is 0 Å². The molecule has 2 aromatic carbocycles. The molecule has 3 aromatic rings. The minimum atomic E-state index is 0. The third-order valence-electron chi connectivity index (χ3n) is 5.94. The second-order valence-electron chi connectivity index (χ2n) is 8.37. The fourth-order valence-electron chi connectivity index (χ4n) is 4.32. The average Bonchev–Trinajstić information content (AvgIpc) is 3.18. The highest BCUT2D eigenvalue weighted by Crippen LogP contribution is 2.29. The zero-order chi connectivity index (χ0) is 21.8. The van der Waals surface area contributed by atoms with Gasteiger partial charge in [-0.2, -0.15) is 0 Å². The third-order valence-corrected chi connectivity index (χ3v) is 7.00. The highest BCUT2D eigenvalue weighted by molar-refractivity contribution is 7.22. The molecule has 0 unspecified atom stereocenters. The number of halogens is 1. The van der Waals surface area contributed by atoms with Gasteiger partial charge in [0.25, 0.3) is 0 Å². The Kier molecular flexibility index (Phi) is 8.65. The van der Waals surface area contributed by atoms with Crippen LogP contribution >= 0.6 is 23.7 Å². The Balaban J connectivity index is 0.00000289. The van der Waals surface area contributed by atoms with Gasteiger partial charge in [-0.1, -0.05) is 41.2 Å². The maximum absolute atomic E-state index is 13.5. The lowest BCUT2D eigenvalue weighted by atomic mass is 9.97. The molecule has 1 saturated heterocycles. The van der Waals surface area contributed by atoms with Gasteiger partial charge in [-0.15, -0.1) is 12.4 Å². The van der Waals surface area contributed by atoms with E-state index in [0.717, 1.165) is 60.2 Å². The number of aromatic nitrogens is 1. The molecule has 0 radical (unpaired) electrons. The van der Waals surface area contributed by atoms with Crippen LogP contribution in [0.2, 0.25) is 0 Å². The van der Waals surface area contributed by atoms with E-state index in [1.807, 2.05) is 23.1 Å². The molecule has 32 heavy (non-hydrogen) atoms. The van der Waals surface area contributed by atoms with E-state index in [-0.39, 0.29) is 18.3 Å². The van der Waals surface area contributed by atoms with Crippen LogP contribution in [0.1, 0.15) is 28.7 Å². The molecule has 1 aliphatic rings. The summed E-state index contributed by atoms with van der Waals surface area (Å²) in [7, 11) is 0. The van der Waals surface area contributed by atoms with Crippen LogP contribution in [0.4, 0.5) is 5.13 Å². The van der Waals surface area contributed by atoms with Gasteiger partial charge in [-0.3, -0.25) is 14.6 Å². The summed E-state index contributed by atoms with van der Waals surface area (Å²) in [6.07, 6.45) is 1.33. The molecule has 1 aliphatic heterocycles. The Labute approximate surface area is 200 Å². The summed E-state index contributed by atoms with van der Waals surface area (Å²) in [6, 6.07) is 12.4. The highest BCUT2D eigenvalue weighted by Gasteiger charge is 2.22. The van der Waals surface area contributed by atoms with E-state index in [2.05, 4.69) is 43.9 Å². The van der Waals surface area contributed by atoms with E-state index in [1.165, 1.54) is 16.7 Å². The molecule has 0 bridgehead atoms. The molecule has 0 atom stereocenters. The number of thiazole rings is 1. The van der Waals surface area contributed by atoms with Crippen molar-refractivity contribution >= 4 is 45.0 Å². The number of ether oxygens (including phenoxy) is 1. The molecule has 1 fully saturated rings. The van der Waals surface area contributed by atoms with Gasteiger partial charge in [0.1, 0.15) is 0 Å². The lowest BCUT2D eigenvalue weighted by Gasteiger charge is -2.28. The number of nitrogens with zero attached hydrogens (tertiary/aromatic N) is 3. The van der Waals surface area contributed by atoms with E-state index in [0.29, 0.717) is 13.0 Å². The molecule has 2 heterocycles. The summed E-state index contributed by atoms with van der Waals surface area (Å²) in [5, 5.41) is 0.801. The van der Waals surface area contributed by atoms with Crippen molar-refractivity contribution in [3.8, 4) is 0 Å². The SMILES string of the molecule is Cc1cc(C)c(CC(=O)N(CCCN2CCOCC2)c2nc3ccccc3s2)c(C)c1.Cl. The van der Waals surface area contributed by atoms with Crippen molar-refractivity contribution in [3.05, 3.63) is 58.7 Å². The first-order valence-electron chi connectivity index (χ1n) is 11.0. The van der Waals surface area contributed by atoms with Gasteiger partial charge in [-0.05, 0) is 56.0 Å². The lowest BCUT2D eigenvalue weighted by Crippen LogP contribution is -2.39. The summed E-state index contributed by atoms with van der Waals surface area (Å²) < 4.78 is 6.57. The highest BCUT2D eigenvalue weighted by atomic mass is 35.5. The number of fused-ring (bicyclic) bond motifs is 1. The molecule has 0 spiro atoms. The maximum atomic E-state index is 13.5. The standard InChI is InChI=1S/C25H31N3O2S.ClH/c1-18-15-19(2)21(20(3)16-18)17-24(29)28(10-6-9-27-11-13-30-14-12-27)25-26-22-7-4-5-8-23(22)31-25;/h4-5,7-8,15-16H,6,9-14,17H2,1-3H3;1H. The number of rotatable bonds is 7. The van der Waals surface area contributed by atoms with Crippen LogP contribution in [0.5, 0.6) is 0 Å². The summed E-state index contributed by atoms with van der Waals surface area (Å²) in [5.74, 6) is 0.121. The minimum absolute atomic E-state index is 0. The van der Waals surface area contributed by atoms with Crippen LogP contribution in [-0.4, -0.2) is 55.2 Å². The fraction of sp³-hybridized carbons (Fsp3) is 0.440. The molecule has 4 rings (SSSR count). The predicted molar refractivity (Wildman–Crippen MR) is 135 cm³/mol. The Bertz CT molecular complexity index is 1010. The van der Waals surface area contributed by atoms with Crippen LogP contribution in [0.15, 0.2) is 36.4 Å². The summed E-state index contributed by atoms with van der Waals surface area (Å²) in [4.78, 5) is 22.6. The molecule has 7 heteroatoms. The second-order valence-corrected chi connectivity index (χ2v) is 9.38. The van der Waals surface area contributed by atoms with Crippen LogP contribution in [0.3, 0.4) is 0 Å². The Hall–Kier alpha value is -1.99. The van der Waals surface area contributed by atoms with Crippen LogP contribution in [0.25, 0.3) is 10.2 Å². The minimum Gasteiger partial charge on any atom is -0.379 e. The van der Waals surface area contributed by atoms with Gasteiger partial charge in [0, 0.05) is 26.2 Å². The molecule has 1 amide bonds. The fourth-order valence-corrected chi connectivity index (χ4v) is 5.32. The van der Waals surface area contributed by atoms with Crippen molar-refractivity contribution in [1.82, 2.24) is 9.88 Å². The van der Waals surface area contributed by atoms with Crippen LogP contribution < -0.4 is 4.90 Å². The van der Waals surface area contributed by atoms with Crippen molar-refractivity contribution in [1.29, 1.82) is 0 Å². The maximum Gasteiger partial charge on any atom is 0.233 e. The predicted octanol–water partition coefficient (Wildman–Crippen LogP) is 4.94. The molecular weight excluding hydrogens is 442 g/mol. The summed E-state index contributed by atoms with van der Waals surface area (Å²) >= 11 is 1.60. The van der Waals surface area contributed by atoms with Crippen LogP contribution in [0, 0.1) is 20.8 Å². The first kappa shape index (κ1) is 24.6. The number of amides is 1. The van der Waals surface area contributed by atoms with Crippen molar-refractivity contribution in [2.75, 3.05) is 44.3 Å². The van der Waals surface area contributed by atoms with Gasteiger partial charge in [0.05, 0.1) is 29.9 Å². The van der Waals surface area contributed by atoms with Crippen molar-refractivity contribution < 1.29 is 9.53 Å². The van der Waals surface area contributed by atoms with Crippen molar-refractivity contribution in [2.45, 2.75) is 33.6 Å². The number of hydrogen-bond acceptors (Lipinski definition) is 5. The first-order valence-corrected chi connectivity index (χ1v) is 11.9. The van der Waals surface area contributed by atoms with Crippen molar-refractivity contribution in [3.63, 3.8) is 0 Å². The molecule has 0 N–H and O–H groups in total. The first-order chi connectivity index (χ1) is 15.0. The number of benzene rings is 2. The number of aryl methyl sites for hydroxylation is 3. The van der Waals surface area contributed by atoms with Gasteiger partial charge >= 0.3 is 0 Å². The zero-order valence-corrected chi connectivity index (χ0v) is 20.7. The average molecular weight is 474 g/mol. The molecule has 5 nitrogen and oxygen atoms in total. The van der Waals surface area contributed by atoms with E-state index >= 15 is 0 Å². The second kappa shape index (κ2) is 11.2. The lowest BCUT2D eigenvalue weighted by molar-refractivity contribution is -0.118. The molecule has 1 aromatic heterocycles. The molecule has 0 aliphatic carbocycles. The summed E-state index contributed by atoms with van der Waals surface area (Å²) in [5.41, 5.74) is 5.69. The number of carbonyl (C=O) groups is 1. The van der Waals surface area contributed by atoms with E-state index in [4.69, 9.17) is 9.72 Å². The van der Waals surface area contributed by atoms with Crippen molar-refractivity contribution in [2.24, 2.45) is 0 Å². The normalized spacial score (nSPS) is 14.3. The smallest absolute Gasteiger partial charge is 0.233 e.